The van der Waals surface area contributed by atoms with Gasteiger partial charge in [-0.05, 0) is 87.5 Å². The third kappa shape index (κ3) is 11.2. The SMILES string of the molecule is COC(=O)CC(CN1CCC(CCc2ccc(OC)c(N)n2)C1)c1cc(N2CCN(CCOCCOCCN=O)CC2)cc(-n2nc(C)cc2C)c1. The summed E-state index contributed by atoms with van der Waals surface area (Å²) >= 11 is 0. The number of nitroso groups, excluding NO2 is 1. The summed E-state index contributed by atoms with van der Waals surface area (Å²) in [5, 5.41) is 7.62. The van der Waals surface area contributed by atoms with Gasteiger partial charge in [0.2, 0.25) is 0 Å². The van der Waals surface area contributed by atoms with Crippen molar-refractivity contribution in [3.63, 3.8) is 0 Å². The Hall–Kier alpha value is -4.11. The van der Waals surface area contributed by atoms with Crippen molar-refractivity contribution in [3.05, 3.63) is 64.0 Å². The number of aryl methyl sites for hydroxylation is 3. The van der Waals surface area contributed by atoms with Crippen LogP contribution in [0.1, 0.15) is 47.8 Å². The first-order valence-electron chi connectivity index (χ1n) is 18.4. The second-order valence-corrected chi connectivity index (χ2v) is 13.8. The molecule has 2 atom stereocenters. The zero-order chi connectivity index (χ0) is 36.9. The number of likely N-dealkylation sites (tertiary alicyclic amines) is 1. The van der Waals surface area contributed by atoms with Crippen LogP contribution >= 0.6 is 0 Å². The molecule has 0 saturated carbocycles. The number of methoxy groups -OCH3 is 2. The van der Waals surface area contributed by atoms with Gasteiger partial charge in [0.1, 0.15) is 6.54 Å². The minimum Gasteiger partial charge on any atom is -0.493 e. The number of hydrogen-bond acceptors (Lipinski definition) is 13. The number of ether oxygens (including phenoxy) is 4. The average molecular weight is 721 g/mol. The van der Waals surface area contributed by atoms with E-state index in [0.717, 1.165) is 106 Å². The molecular formula is C38H56N8O6. The van der Waals surface area contributed by atoms with Crippen LogP contribution < -0.4 is 15.4 Å². The van der Waals surface area contributed by atoms with Gasteiger partial charge in [0.25, 0.3) is 0 Å². The molecule has 0 spiro atoms. The van der Waals surface area contributed by atoms with Gasteiger partial charge >= 0.3 is 5.97 Å². The number of nitrogens with two attached hydrogens (primary N) is 1. The molecule has 5 rings (SSSR count). The van der Waals surface area contributed by atoms with Crippen LogP contribution in [0.4, 0.5) is 11.5 Å². The number of hydrogen-bond donors (Lipinski definition) is 1. The molecule has 0 amide bonds. The van der Waals surface area contributed by atoms with E-state index in [-0.39, 0.29) is 18.4 Å². The number of aromatic nitrogens is 3. The summed E-state index contributed by atoms with van der Waals surface area (Å²) in [5.41, 5.74) is 12.3. The Kier molecular flexibility index (Phi) is 14.8. The van der Waals surface area contributed by atoms with E-state index in [0.29, 0.717) is 50.3 Å². The fourth-order valence-corrected chi connectivity index (χ4v) is 7.26. The van der Waals surface area contributed by atoms with Crippen molar-refractivity contribution in [2.45, 2.75) is 45.4 Å². The molecule has 284 valence electrons. The Morgan fingerprint density at radius 3 is 2.42 bits per heavy atom. The zero-order valence-corrected chi connectivity index (χ0v) is 31.3. The molecule has 2 aliphatic heterocycles. The molecule has 0 bridgehead atoms. The molecule has 52 heavy (non-hydrogen) atoms. The third-order valence-electron chi connectivity index (χ3n) is 10.1. The minimum absolute atomic E-state index is 0.0398. The molecule has 2 saturated heterocycles. The fraction of sp³-hybridized carbons (Fsp3) is 0.605. The smallest absolute Gasteiger partial charge is 0.306 e. The lowest BCUT2D eigenvalue weighted by Gasteiger charge is -2.36. The molecule has 3 aromatic rings. The summed E-state index contributed by atoms with van der Waals surface area (Å²) in [7, 11) is 3.07. The van der Waals surface area contributed by atoms with Crippen LogP contribution in [-0.4, -0.2) is 130 Å². The Balaban J connectivity index is 1.25. The van der Waals surface area contributed by atoms with Crippen LogP contribution in [0.3, 0.4) is 0 Å². The van der Waals surface area contributed by atoms with Crippen molar-refractivity contribution in [1.29, 1.82) is 0 Å². The third-order valence-corrected chi connectivity index (χ3v) is 10.1. The van der Waals surface area contributed by atoms with Gasteiger partial charge < -0.3 is 34.5 Å². The second kappa shape index (κ2) is 19.6. The van der Waals surface area contributed by atoms with Crippen LogP contribution in [0.15, 0.2) is 41.6 Å². The minimum atomic E-state index is -0.206. The molecule has 0 aliphatic carbocycles. The topological polar surface area (TPSA) is 150 Å². The molecule has 2 fully saturated rings. The van der Waals surface area contributed by atoms with Crippen LogP contribution in [0, 0.1) is 24.7 Å². The summed E-state index contributed by atoms with van der Waals surface area (Å²) in [5.74, 6) is 1.33. The van der Waals surface area contributed by atoms with E-state index in [1.54, 1.807) is 7.11 Å². The first-order chi connectivity index (χ1) is 25.3. The summed E-state index contributed by atoms with van der Waals surface area (Å²) < 4.78 is 23.6. The van der Waals surface area contributed by atoms with E-state index < -0.39 is 0 Å². The van der Waals surface area contributed by atoms with Crippen molar-refractivity contribution in [2.75, 3.05) is 110 Å². The Morgan fingerprint density at radius 2 is 1.73 bits per heavy atom. The van der Waals surface area contributed by atoms with Gasteiger partial charge in [0.15, 0.2) is 11.6 Å². The first kappa shape index (κ1) is 39.1. The van der Waals surface area contributed by atoms with Gasteiger partial charge in [-0.1, -0.05) is 5.18 Å². The number of benzene rings is 1. The molecule has 2 N–H and O–H groups in total. The Labute approximate surface area is 307 Å². The molecule has 4 heterocycles. The molecule has 2 aliphatic rings. The Bertz CT molecular complexity index is 1590. The maximum atomic E-state index is 12.9. The number of rotatable bonds is 20. The second-order valence-electron chi connectivity index (χ2n) is 13.8. The number of esters is 1. The largest absolute Gasteiger partial charge is 0.493 e. The number of carbonyl (C=O) groups excluding carboxylic acids is 1. The summed E-state index contributed by atoms with van der Waals surface area (Å²) in [6.07, 6.45) is 3.31. The highest BCUT2D eigenvalue weighted by atomic mass is 16.5. The average Bonchev–Trinajstić information content (AvgIpc) is 3.75. The highest BCUT2D eigenvalue weighted by Crippen LogP contribution is 2.32. The lowest BCUT2D eigenvalue weighted by Crippen LogP contribution is -2.47. The van der Waals surface area contributed by atoms with E-state index >= 15 is 0 Å². The normalized spacial score (nSPS) is 17.4. The highest BCUT2D eigenvalue weighted by molar-refractivity contribution is 5.71. The lowest BCUT2D eigenvalue weighted by molar-refractivity contribution is -0.141. The maximum absolute atomic E-state index is 12.9. The van der Waals surface area contributed by atoms with E-state index in [1.165, 1.54) is 7.11 Å². The quantitative estimate of drug-likeness (QED) is 0.102. The Morgan fingerprint density at radius 1 is 0.962 bits per heavy atom. The molecule has 2 unspecified atom stereocenters. The number of carbonyl (C=O) groups is 1. The molecular weight excluding hydrogens is 664 g/mol. The van der Waals surface area contributed by atoms with E-state index in [9.17, 15) is 9.70 Å². The highest BCUT2D eigenvalue weighted by Gasteiger charge is 2.28. The van der Waals surface area contributed by atoms with E-state index in [4.69, 9.17) is 29.8 Å². The van der Waals surface area contributed by atoms with Gasteiger partial charge in [0.05, 0.1) is 58.4 Å². The lowest BCUT2D eigenvalue weighted by atomic mass is 9.93. The number of anilines is 2. The predicted molar refractivity (Wildman–Crippen MR) is 201 cm³/mol. The molecule has 0 radical (unpaired) electrons. The van der Waals surface area contributed by atoms with Crippen molar-refractivity contribution in [3.8, 4) is 11.4 Å². The monoisotopic (exact) mass is 720 g/mol. The van der Waals surface area contributed by atoms with Gasteiger partial charge in [0, 0.05) is 68.8 Å². The van der Waals surface area contributed by atoms with Gasteiger partial charge in [-0.3, -0.25) is 9.69 Å². The van der Waals surface area contributed by atoms with Gasteiger partial charge in [-0.15, -0.1) is 0 Å². The van der Waals surface area contributed by atoms with Crippen molar-refractivity contribution < 1.29 is 23.7 Å². The van der Waals surface area contributed by atoms with Crippen LogP contribution in [0.5, 0.6) is 5.75 Å². The van der Waals surface area contributed by atoms with E-state index in [2.05, 4.69) is 56.0 Å². The number of nitrogen functional groups attached to an aromatic ring is 1. The van der Waals surface area contributed by atoms with Crippen molar-refractivity contribution in [1.82, 2.24) is 24.6 Å². The van der Waals surface area contributed by atoms with Crippen molar-refractivity contribution in [2.24, 2.45) is 11.1 Å². The van der Waals surface area contributed by atoms with Gasteiger partial charge in [-0.25, -0.2) is 9.67 Å². The number of pyridine rings is 1. The number of piperazine rings is 1. The fourth-order valence-electron chi connectivity index (χ4n) is 7.26. The number of nitrogens with zero attached hydrogens (tertiary/aromatic N) is 7. The molecule has 1 aromatic carbocycles. The predicted octanol–water partition coefficient (Wildman–Crippen LogP) is 4.00. The van der Waals surface area contributed by atoms with Crippen LogP contribution in [0.2, 0.25) is 0 Å². The van der Waals surface area contributed by atoms with Crippen molar-refractivity contribution >= 4 is 17.5 Å². The molecule has 2 aromatic heterocycles. The first-order valence-corrected chi connectivity index (χ1v) is 18.4. The summed E-state index contributed by atoms with van der Waals surface area (Å²) in [6.45, 7) is 13.4. The molecule has 14 heteroatoms. The maximum Gasteiger partial charge on any atom is 0.306 e. The van der Waals surface area contributed by atoms with E-state index in [1.807, 2.05) is 23.7 Å². The standard InChI is InChI=1S/C38H56N8O6/c1-28-21-29(2)46(42-28)35-23-31(22-34(25-35)45-14-12-43(13-15-45)16-18-52-20-19-51-17-10-40-48)32(24-37(47)50-4)27-44-11-9-30(26-44)5-6-33-7-8-36(49-3)38(39)41-33/h7-8,21-23,25,30,32H,5-6,9-20,24,26-27H2,1-4H3,(H2,39,41). The van der Waals surface area contributed by atoms with Crippen LogP contribution in [0.25, 0.3) is 5.69 Å². The van der Waals surface area contributed by atoms with Crippen LogP contribution in [-0.2, 0) is 25.4 Å². The molecule has 14 nitrogen and oxygen atoms in total. The van der Waals surface area contributed by atoms with Gasteiger partial charge in [-0.2, -0.15) is 10.0 Å². The summed E-state index contributed by atoms with van der Waals surface area (Å²) in [4.78, 5) is 34.9. The zero-order valence-electron chi connectivity index (χ0n) is 31.3. The summed E-state index contributed by atoms with van der Waals surface area (Å²) in [6, 6.07) is 12.7.